The number of ether oxygens (including phenoxy) is 2. The van der Waals surface area contributed by atoms with E-state index in [1.165, 1.54) is 12.1 Å². The Morgan fingerprint density at radius 1 is 1.22 bits per heavy atom. The molecule has 1 aromatic carbocycles. The highest BCUT2D eigenvalue weighted by Crippen LogP contribution is 2.43. The summed E-state index contributed by atoms with van der Waals surface area (Å²) in [5.74, 6) is -1.40. The Bertz CT molecular complexity index is 1460. The van der Waals surface area contributed by atoms with E-state index in [9.17, 15) is 23.1 Å². The molecule has 0 bridgehead atoms. The van der Waals surface area contributed by atoms with E-state index in [2.05, 4.69) is 14.9 Å². The fourth-order valence-electron chi connectivity index (χ4n) is 4.70. The van der Waals surface area contributed by atoms with Gasteiger partial charge in [0.05, 0.1) is 23.4 Å². The quantitative estimate of drug-likeness (QED) is 0.374. The number of halogens is 3. The fraction of sp³-hybridized carbons (Fsp3) is 0.320. The van der Waals surface area contributed by atoms with Crippen molar-refractivity contribution in [3.8, 4) is 28.0 Å². The van der Waals surface area contributed by atoms with Gasteiger partial charge in [0.2, 0.25) is 0 Å². The number of carboxylic acids is 1. The molecule has 4 heterocycles. The summed E-state index contributed by atoms with van der Waals surface area (Å²) in [5, 5.41) is 13.9. The third-order valence-electron chi connectivity index (χ3n) is 6.49. The maximum atomic E-state index is 13.3. The normalized spacial score (nSPS) is 18.2. The minimum Gasteiger partial charge on any atom is -0.478 e. The van der Waals surface area contributed by atoms with E-state index in [-0.39, 0.29) is 11.1 Å². The minimum atomic E-state index is -5.02. The molecule has 0 radical (unpaired) electrons. The average molecular weight is 501 g/mol. The molecule has 3 aromatic heterocycles. The first-order valence-electron chi connectivity index (χ1n) is 11.1. The molecule has 0 spiro atoms. The molecule has 188 valence electrons. The SMILES string of the molecule is Cc1noc(C)c1-c1cnc2c(c1)c(-c1ccc(C(=O)O)cc1OC(F)(F)F)cn2C1(C)CCOC1. The molecule has 1 aliphatic heterocycles. The van der Waals surface area contributed by atoms with E-state index in [1.54, 1.807) is 26.2 Å². The van der Waals surface area contributed by atoms with Gasteiger partial charge in [-0.1, -0.05) is 5.16 Å². The number of aryl methyl sites for hydroxylation is 2. The number of hydrogen-bond acceptors (Lipinski definition) is 6. The molecular formula is C25H22F3N3O5. The Morgan fingerprint density at radius 2 is 2.00 bits per heavy atom. The Morgan fingerprint density at radius 3 is 2.61 bits per heavy atom. The van der Waals surface area contributed by atoms with Crippen LogP contribution in [0.15, 0.2) is 41.2 Å². The molecule has 0 amide bonds. The zero-order valence-corrected chi connectivity index (χ0v) is 19.6. The van der Waals surface area contributed by atoms with Gasteiger partial charge in [-0.05, 0) is 51.5 Å². The lowest BCUT2D eigenvalue weighted by Crippen LogP contribution is -2.29. The number of aromatic carboxylic acids is 1. The van der Waals surface area contributed by atoms with Crippen LogP contribution in [0.4, 0.5) is 13.2 Å². The summed E-state index contributed by atoms with van der Waals surface area (Å²) in [7, 11) is 0. The van der Waals surface area contributed by atoms with Gasteiger partial charge in [0, 0.05) is 46.6 Å². The average Bonchev–Trinajstić information content (AvgIpc) is 3.50. The van der Waals surface area contributed by atoms with Crippen LogP contribution in [0.5, 0.6) is 5.75 Å². The second-order valence-electron chi connectivity index (χ2n) is 9.07. The molecule has 5 rings (SSSR count). The van der Waals surface area contributed by atoms with Crippen molar-refractivity contribution in [2.24, 2.45) is 0 Å². The Kier molecular flexibility index (Phi) is 5.55. The zero-order valence-electron chi connectivity index (χ0n) is 19.6. The number of benzene rings is 1. The maximum Gasteiger partial charge on any atom is 0.573 e. The molecule has 4 aromatic rings. The molecule has 0 aliphatic carbocycles. The summed E-state index contributed by atoms with van der Waals surface area (Å²) in [4.78, 5) is 16.1. The standard InChI is InChI=1S/C25H22F3N3O5/c1-13-21(14(2)36-30-13)16-8-18-19(11-31(22(18)29-10-16)24(3)6-7-34-12-24)17-5-4-15(23(32)33)9-20(17)35-25(26,27)28/h4-5,8-11H,6-7,12H2,1-3H3,(H,32,33). The van der Waals surface area contributed by atoms with Crippen LogP contribution in [0.2, 0.25) is 0 Å². The van der Waals surface area contributed by atoms with Crippen LogP contribution in [0.25, 0.3) is 33.3 Å². The summed E-state index contributed by atoms with van der Waals surface area (Å²) in [6, 6.07) is 5.26. The molecule has 1 atom stereocenters. The molecule has 8 nitrogen and oxygen atoms in total. The van der Waals surface area contributed by atoms with Crippen LogP contribution >= 0.6 is 0 Å². The highest BCUT2D eigenvalue weighted by Gasteiger charge is 2.36. The predicted octanol–water partition coefficient (Wildman–Crippen LogP) is 5.71. The monoisotopic (exact) mass is 501 g/mol. The summed E-state index contributed by atoms with van der Waals surface area (Å²) in [6.07, 6.45) is -0.930. The van der Waals surface area contributed by atoms with Gasteiger partial charge in [0.25, 0.3) is 0 Å². The number of hydrogen-bond donors (Lipinski definition) is 1. The first-order chi connectivity index (χ1) is 17.0. The van der Waals surface area contributed by atoms with Gasteiger partial charge in [0.1, 0.15) is 17.2 Å². The molecule has 1 saturated heterocycles. The number of carbonyl (C=O) groups is 1. The summed E-state index contributed by atoms with van der Waals surface area (Å²) in [6.45, 7) is 6.50. The molecular weight excluding hydrogens is 479 g/mol. The highest BCUT2D eigenvalue weighted by atomic mass is 19.4. The minimum absolute atomic E-state index is 0.0845. The third-order valence-corrected chi connectivity index (χ3v) is 6.49. The molecule has 0 saturated carbocycles. The topological polar surface area (TPSA) is 99.6 Å². The van der Waals surface area contributed by atoms with Crippen molar-refractivity contribution >= 4 is 17.0 Å². The van der Waals surface area contributed by atoms with E-state index in [1.807, 2.05) is 17.6 Å². The smallest absolute Gasteiger partial charge is 0.478 e. The van der Waals surface area contributed by atoms with E-state index >= 15 is 0 Å². The van der Waals surface area contributed by atoms with Crippen LogP contribution in [0, 0.1) is 13.8 Å². The van der Waals surface area contributed by atoms with Crippen LogP contribution in [0.3, 0.4) is 0 Å². The largest absolute Gasteiger partial charge is 0.573 e. The van der Waals surface area contributed by atoms with Gasteiger partial charge in [-0.25, -0.2) is 9.78 Å². The van der Waals surface area contributed by atoms with Gasteiger partial charge < -0.3 is 23.7 Å². The van der Waals surface area contributed by atoms with Gasteiger partial charge in [-0.15, -0.1) is 13.2 Å². The number of alkyl halides is 3. The van der Waals surface area contributed by atoms with Crippen molar-refractivity contribution in [3.63, 3.8) is 0 Å². The third kappa shape index (κ3) is 4.09. The highest BCUT2D eigenvalue weighted by molar-refractivity contribution is 5.99. The van der Waals surface area contributed by atoms with Crippen LogP contribution in [-0.4, -0.2) is 45.4 Å². The van der Waals surface area contributed by atoms with Crippen LogP contribution in [0.1, 0.15) is 35.2 Å². The van der Waals surface area contributed by atoms with Gasteiger partial charge in [-0.2, -0.15) is 0 Å². The molecule has 1 aliphatic rings. The lowest BCUT2D eigenvalue weighted by molar-refractivity contribution is -0.274. The molecule has 1 fully saturated rings. The van der Waals surface area contributed by atoms with Crippen molar-refractivity contribution < 1.29 is 37.1 Å². The van der Waals surface area contributed by atoms with Crippen LogP contribution in [-0.2, 0) is 10.3 Å². The Hall–Kier alpha value is -3.86. The Labute approximate surface area is 203 Å². The van der Waals surface area contributed by atoms with Gasteiger partial charge in [0.15, 0.2) is 0 Å². The maximum absolute atomic E-state index is 13.3. The lowest BCUT2D eigenvalue weighted by atomic mass is 10.00. The molecule has 11 heteroatoms. The second-order valence-corrected chi connectivity index (χ2v) is 9.07. The number of carboxylic acid groups (broad SMARTS) is 1. The van der Waals surface area contributed by atoms with Crippen molar-refractivity contribution in [2.45, 2.75) is 39.1 Å². The number of rotatable bonds is 5. The van der Waals surface area contributed by atoms with Crippen molar-refractivity contribution in [2.75, 3.05) is 13.2 Å². The van der Waals surface area contributed by atoms with Crippen molar-refractivity contribution in [1.29, 1.82) is 0 Å². The number of fused-ring (bicyclic) bond motifs is 1. The zero-order chi connectivity index (χ0) is 25.8. The summed E-state index contributed by atoms with van der Waals surface area (Å²) in [5.41, 5.74) is 2.33. The van der Waals surface area contributed by atoms with E-state index < -0.39 is 23.6 Å². The predicted molar refractivity (Wildman–Crippen MR) is 123 cm³/mol. The molecule has 1 unspecified atom stereocenters. The van der Waals surface area contributed by atoms with Gasteiger partial charge in [-0.3, -0.25) is 0 Å². The fourth-order valence-corrected chi connectivity index (χ4v) is 4.70. The van der Waals surface area contributed by atoms with E-state index in [4.69, 9.17) is 9.26 Å². The summed E-state index contributed by atoms with van der Waals surface area (Å²) >= 11 is 0. The van der Waals surface area contributed by atoms with Gasteiger partial charge >= 0.3 is 12.3 Å². The number of nitrogens with zero attached hydrogens (tertiary/aromatic N) is 3. The second kappa shape index (κ2) is 8.37. The van der Waals surface area contributed by atoms with Crippen molar-refractivity contribution in [1.82, 2.24) is 14.7 Å². The number of pyridine rings is 1. The first kappa shape index (κ1) is 23.9. The van der Waals surface area contributed by atoms with Crippen molar-refractivity contribution in [3.05, 3.63) is 53.7 Å². The van der Waals surface area contributed by atoms with E-state index in [0.29, 0.717) is 53.2 Å². The Balaban J connectivity index is 1.79. The molecule has 1 N–H and O–H groups in total. The van der Waals surface area contributed by atoms with E-state index in [0.717, 1.165) is 11.6 Å². The molecule has 36 heavy (non-hydrogen) atoms. The summed E-state index contributed by atoms with van der Waals surface area (Å²) < 4.78 is 57.0. The lowest BCUT2D eigenvalue weighted by Gasteiger charge is -2.25. The van der Waals surface area contributed by atoms with Crippen LogP contribution < -0.4 is 4.74 Å². The number of aromatic nitrogens is 3. The first-order valence-corrected chi connectivity index (χ1v) is 11.1.